The summed E-state index contributed by atoms with van der Waals surface area (Å²) in [6.07, 6.45) is 3.78. The number of rotatable bonds is 9. The predicted molar refractivity (Wildman–Crippen MR) is 85.8 cm³/mol. The highest BCUT2D eigenvalue weighted by Crippen LogP contribution is 2.19. The van der Waals surface area contributed by atoms with Gasteiger partial charge in [0.2, 0.25) is 10.0 Å². The van der Waals surface area contributed by atoms with E-state index in [4.69, 9.17) is 0 Å². The molecule has 0 aromatic carbocycles. The standard InChI is InChI=1S/C13H23N3O2S2/c1-4-15-12-6-8-14-10-13(12)20(17,18)16-11(3)7-9-19-5-2/h6,8,10-11,16H,4-5,7,9H2,1-3H3,(H,14,15). The molecule has 0 fully saturated rings. The summed E-state index contributed by atoms with van der Waals surface area (Å²) in [5.74, 6) is 2.00. The van der Waals surface area contributed by atoms with E-state index in [1.165, 1.54) is 6.20 Å². The Morgan fingerprint density at radius 1 is 1.40 bits per heavy atom. The molecule has 1 rings (SSSR count). The van der Waals surface area contributed by atoms with Crippen LogP contribution in [0.15, 0.2) is 23.4 Å². The lowest BCUT2D eigenvalue weighted by atomic mass is 10.3. The molecule has 0 saturated carbocycles. The second kappa shape index (κ2) is 8.49. The summed E-state index contributed by atoms with van der Waals surface area (Å²) in [5, 5.41) is 3.04. The van der Waals surface area contributed by atoms with E-state index in [1.807, 2.05) is 25.6 Å². The van der Waals surface area contributed by atoms with Crippen LogP contribution in [0.1, 0.15) is 27.2 Å². The summed E-state index contributed by atoms with van der Waals surface area (Å²) >= 11 is 1.81. The van der Waals surface area contributed by atoms with Crippen molar-refractivity contribution < 1.29 is 8.42 Å². The zero-order valence-electron chi connectivity index (χ0n) is 12.2. The minimum atomic E-state index is -3.53. The van der Waals surface area contributed by atoms with Gasteiger partial charge in [0.15, 0.2) is 0 Å². The second-order valence-electron chi connectivity index (χ2n) is 4.41. The maximum atomic E-state index is 12.4. The Labute approximate surface area is 126 Å². The molecule has 0 bridgehead atoms. The minimum absolute atomic E-state index is 0.0891. The van der Waals surface area contributed by atoms with E-state index in [0.29, 0.717) is 12.2 Å². The molecule has 2 N–H and O–H groups in total. The van der Waals surface area contributed by atoms with E-state index < -0.39 is 10.0 Å². The number of sulfonamides is 1. The Kier molecular flexibility index (Phi) is 7.32. The number of anilines is 1. The molecule has 1 aromatic heterocycles. The van der Waals surface area contributed by atoms with Crippen molar-refractivity contribution >= 4 is 27.5 Å². The highest BCUT2D eigenvalue weighted by atomic mass is 32.2. The number of nitrogens with zero attached hydrogens (tertiary/aromatic N) is 1. The summed E-state index contributed by atoms with van der Waals surface area (Å²) in [6.45, 7) is 6.57. The lowest BCUT2D eigenvalue weighted by molar-refractivity contribution is 0.557. The Bertz CT molecular complexity index is 506. The number of hydrogen-bond donors (Lipinski definition) is 2. The number of hydrogen-bond acceptors (Lipinski definition) is 5. The minimum Gasteiger partial charge on any atom is -0.384 e. The molecule has 1 heterocycles. The van der Waals surface area contributed by atoms with Crippen LogP contribution in [0.5, 0.6) is 0 Å². The van der Waals surface area contributed by atoms with Gasteiger partial charge in [-0.3, -0.25) is 4.98 Å². The van der Waals surface area contributed by atoms with Gasteiger partial charge < -0.3 is 5.32 Å². The van der Waals surface area contributed by atoms with E-state index in [9.17, 15) is 8.42 Å². The van der Waals surface area contributed by atoms with Gasteiger partial charge in [0.1, 0.15) is 4.90 Å². The normalized spacial score (nSPS) is 13.2. The van der Waals surface area contributed by atoms with Crippen LogP contribution >= 0.6 is 11.8 Å². The monoisotopic (exact) mass is 317 g/mol. The van der Waals surface area contributed by atoms with Crippen molar-refractivity contribution in [2.45, 2.75) is 38.1 Å². The van der Waals surface area contributed by atoms with Gasteiger partial charge in [-0.2, -0.15) is 11.8 Å². The van der Waals surface area contributed by atoms with Crippen molar-refractivity contribution in [1.29, 1.82) is 0 Å². The van der Waals surface area contributed by atoms with Crippen LogP contribution in [-0.2, 0) is 10.0 Å². The molecule has 1 atom stereocenters. The number of pyridine rings is 1. The van der Waals surface area contributed by atoms with E-state index in [2.05, 4.69) is 21.9 Å². The molecule has 20 heavy (non-hydrogen) atoms. The second-order valence-corrected chi connectivity index (χ2v) is 7.49. The van der Waals surface area contributed by atoms with Crippen molar-refractivity contribution in [3.8, 4) is 0 Å². The first-order valence-corrected chi connectivity index (χ1v) is 9.43. The van der Waals surface area contributed by atoms with Crippen LogP contribution in [-0.4, -0.2) is 37.5 Å². The fourth-order valence-corrected chi connectivity index (χ4v) is 3.94. The van der Waals surface area contributed by atoms with E-state index in [-0.39, 0.29) is 10.9 Å². The highest BCUT2D eigenvalue weighted by Gasteiger charge is 2.20. The summed E-state index contributed by atoms with van der Waals surface area (Å²) in [4.78, 5) is 4.12. The number of nitrogens with one attached hydrogen (secondary N) is 2. The molecular weight excluding hydrogens is 294 g/mol. The lowest BCUT2D eigenvalue weighted by Gasteiger charge is -2.16. The largest absolute Gasteiger partial charge is 0.384 e. The van der Waals surface area contributed by atoms with Crippen molar-refractivity contribution in [1.82, 2.24) is 9.71 Å². The third-order valence-corrected chi connectivity index (χ3v) is 5.25. The zero-order valence-corrected chi connectivity index (χ0v) is 13.9. The molecule has 0 aliphatic heterocycles. The van der Waals surface area contributed by atoms with Gasteiger partial charge in [0.25, 0.3) is 0 Å². The zero-order chi connectivity index (χ0) is 15.0. The molecule has 1 aromatic rings. The fourth-order valence-electron chi connectivity index (χ4n) is 1.72. The summed E-state index contributed by atoms with van der Waals surface area (Å²) < 4.78 is 27.5. The smallest absolute Gasteiger partial charge is 0.244 e. The van der Waals surface area contributed by atoms with Gasteiger partial charge >= 0.3 is 0 Å². The lowest BCUT2D eigenvalue weighted by Crippen LogP contribution is -2.33. The van der Waals surface area contributed by atoms with Crippen LogP contribution in [0.2, 0.25) is 0 Å². The van der Waals surface area contributed by atoms with Gasteiger partial charge in [0.05, 0.1) is 5.69 Å². The Balaban J connectivity index is 2.78. The Morgan fingerprint density at radius 2 is 2.15 bits per heavy atom. The fraction of sp³-hybridized carbons (Fsp3) is 0.615. The first-order chi connectivity index (χ1) is 9.51. The molecule has 7 heteroatoms. The van der Waals surface area contributed by atoms with Crippen molar-refractivity contribution in [3.05, 3.63) is 18.5 Å². The maximum Gasteiger partial charge on any atom is 0.244 e. The van der Waals surface area contributed by atoms with Crippen molar-refractivity contribution in [3.63, 3.8) is 0 Å². The SMILES string of the molecule is CCNc1ccncc1S(=O)(=O)NC(C)CCSCC. The van der Waals surface area contributed by atoms with E-state index >= 15 is 0 Å². The molecule has 1 unspecified atom stereocenters. The van der Waals surface area contributed by atoms with Crippen molar-refractivity contribution in [2.24, 2.45) is 0 Å². The van der Waals surface area contributed by atoms with Gasteiger partial charge in [-0.15, -0.1) is 0 Å². The summed E-state index contributed by atoms with van der Waals surface area (Å²) in [5.41, 5.74) is 0.588. The molecule has 114 valence electrons. The topological polar surface area (TPSA) is 71.1 Å². The van der Waals surface area contributed by atoms with Crippen molar-refractivity contribution in [2.75, 3.05) is 23.4 Å². The van der Waals surface area contributed by atoms with Crippen LogP contribution < -0.4 is 10.0 Å². The molecule has 0 saturated heterocycles. The Hall–Kier alpha value is -0.790. The number of aromatic nitrogens is 1. The first kappa shape index (κ1) is 17.3. The van der Waals surface area contributed by atoms with Gasteiger partial charge in [0, 0.05) is 25.0 Å². The van der Waals surface area contributed by atoms with E-state index in [1.54, 1.807) is 12.3 Å². The molecule has 0 aliphatic rings. The summed E-state index contributed by atoms with van der Waals surface area (Å²) in [7, 11) is -3.53. The quantitative estimate of drug-likeness (QED) is 0.684. The van der Waals surface area contributed by atoms with Crippen LogP contribution in [0.3, 0.4) is 0 Å². The van der Waals surface area contributed by atoms with Gasteiger partial charge in [-0.1, -0.05) is 6.92 Å². The first-order valence-electron chi connectivity index (χ1n) is 6.79. The average molecular weight is 317 g/mol. The van der Waals surface area contributed by atoms with Gasteiger partial charge in [-0.05, 0) is 37.8 Å². The molecular formula is C13H23N3O2S2. The summed E-state index contributed by atoms with van der Waals surface area (Å²) in [6, 6.07) is 1.59. The predicted octanol–water partition coefficient (Wildman–Crippen LogP) is 2.32. The van der Waals surface area contributed by atoms with E-state index in [0.717, 1.165) is 17.9 Å². The molecule has 5 nitrogen and oxygen atoms in total. The third-order valence-electron chi connectivity index (χ3n) is 2.70. The van der Waals surface area contributed by atoms with Crippen LogP contribution in [0, 0.1) is 0 Å². The molecule has 0 spiro atoms. The third kappa shape index (κ3) is 5.30. The molecule has 0 amide bonds. The average Bonchev–Trinajstić information content (AvgIpc) is 2.39. The van der Waals surface area contributed by atoms with Crippen LogP contribution in [0.25, 0.3) is 0 Å². The maximum absolute atomic E-state index is 12.4. The molecule has 0 aliphatic carbocycles. The molecule has 0 radical (unpaired) electrons. The number of thioether (sulfide) groups is 1. The highest BCUT2D eigenvalue weighted by molar-refractivity contribution is 7.99. The Morgan fingerprint density at radius 3 is 2.80 bits per heavy atom. The van der Waals surface area contributed by atoms with Gasteiger partial charge in [-0.25, -0.2) is 13.1 Å². The van der Waals surface area contributed by atoms with Crippen LogP contribution in [0.4, 0.5) is 5.69 Å².